The van der Waals surface area contributed by atoms with Crippen LogP contribution in [-0.2, 0) is 35.9 Å². The van der Waals surface area contributed by atoms with E-state index in [0.717, 1.165) is 19.2 Å². The summed E-state index contributed by atoms with van der Waals surface area (Å²) in [4.78, 5) is 39.1. The van der Waals surface area contributed by atoms with Gasteiger partial charge in [0.2, 0.25) is 5.91 Å². The third-order valence-electron chi connectivity index (χ3n) is 6.53. The third-order valence-corrected chi connectivity index (χ3v) is 6.53. The molecular formula is C28H32F3NO5. The summed E-state index contributed by atoms with van der Waals surface area (Å²) in [6.07, 6.45) is -6.08. The molecule has 2 aromatic rings. The van der Waals surface area contributed by atoms with Gasteiger partial charge in [-0.05, 0) is 24.3 Å². The Morgan fingerprint density at radius 2 is 1.62 bits per heavy atom. The lowest BCUT2D eigenvalue weighted by atomic mass is 9.89. The van der Waals surface area contributed by atoms with Crippen molar-refractivity contribution in [3.8, 4) is 0 Å². The first-order valence-electron chi connectivity index (χ1n) is 12.2. The molecule has 0 spiro atoms. The number of nitrogens with one attached hydrogen (secondary N) is 1. The molecule has 6 nitrogen and oxygen atoms in total. The Labute approximate surface area is 214 Å². The predicted molar refractivity (Wildman–Crippen MR) is 130 cm³/mol. The number of carbonyl (C=O) groups is 3. The van der Waals surface area contributed by atoms with E-state index in [0.29, 0.717) is 12.0 Å². The van der Waals surface area contributed by atoms with E-state index < -0.39 is 47.7 Å². The molecular weight excluding hydrogens is 487 g/mol. The molecule has 0 aliphatic carbocycles. The summed E-state index contributed by atoms with van der Waals surface area (Å²) in [7, 11) is 0.776. The van der Waals surface area contributed by atoms with Gasteiger partial charge in [-0.25, -0.2) is 4.79 Å². The standard InChI is InChI=1S/C28H32F3NO5/c1-18(2)14-21-16-23(25(34)32-21)24(17-22(33)15-19-10-6-4-7-11-19)37-26(35)27(36-3,28(29,30)31)20-12-8-5-9-13-20/h4-13,18,21,23-24H,14-17H2,1-3H3,(H,32,34)/t21?,23?,24-,27-/m0/s1. The Morgan fingerprint density at radius 1 is 1.03 bits per heavy atom. The fourth-order valence-corrected chi connectivity index (χ4v) is 4.82. The van der Waals surface area contributed by atoms with E-state index in [1.807, 2.05) is 13.8 Å². The minimum absolute atomic E-state index is 0.00791. The van der Waals surface area contributed by atoms with E-state index in [-0.39, 0.29) is 30.6 Å². The molecule has 2 aromatic carbocycles. The molecule has 9 heteroatoms. The van der Waals surface area contributed by atoms with Crippen LogP contribution in [-0.4, -0.2) is 43.1 Å². The summed E-state index contributed by atoms with van der Waals surface area (Å²) in [5.74, 6) is -3.24. The van der Waals surface area contributed by atoms with Gasteiger partial charge >= 0.3 is 12.1 Å². The SMILES string of the molecule is CO[C@](C(=O)O[C@@H](CC(=O)Cc1ccccc1)C1CC(CC(C)C)NC1=O)(c1ccccc1)C(F)(F)F. The van der Waals surface area contributed by atoms with Gasteiger partial charge in [0.25, 0.3) is 5.60 Å². The maximum absolute atomic E-state index is 14.4. The number of rotatable bonds is 11. The number of hydrogen-bond donors (Lipinski definition) is 1. The van der Waals surface area contributed by atoms with Crippen LogP contribution >= 0.6 is 0 Å². The average Bonchev–Trinajstić information content (AvgIpc) is 3.19. The molecule has 1 aliphatic rings. The third kappa shape index (κ3) is 6.57. The van der Waals surface area contributed by atoms with Crippen molar-refractivity contribution in [1.29, 1.82) is 0 Å². The lowest BCUT2D eigenvalue weighted by molar-refractivity contribution is -0.278. The number of alkyl halides is 3. The van der Waals surface area contributed by atoms with Crippen molar-refractivity contribution in [2.75, 3.05) is 7.11 Å². The molecule has 1 amide bonds. The van der Waals surface area contributed by atoms with Crippen molar-refractivity contribution in [2.45, 2.75) is 63.5 Å². The van der Waals surface area contributed by atoms with Crippen molar-refractivity contribution in [1.82, 2.24) is 5.32 Å². The highest BCUT2D eigenvalue weighted by Gasteiger charge is 2.64. The zero-order valence-electron chi connectivity index (χ0n) is 21.1. The first-order chi connectivity index (χ1) is 17.5. The van der Waals surface area contributed by atoms with Gasteiger partial charge in [0, 0.05) is 31.6 Å². The van der Waals surface area contributed by atoms with Crippen LogP contribution in [0.4, 0.5) is 13.2 Å². The van der Waals surface area contributed by atoms with Crippen LogP contribution in [0.25, 0.3) is 0 Å². The number of esters is 1. The van der Waals surface area contributed by atoms with Gasteiger partial charge in [-0.15, -0.1) is 0 Å². The average molecular weight is 520 g/mol. The second kappa shape index (κ2) is 11.9. The number of ketones is 1. The van der Waals surface area contributed by atoms with Gasteiger partial charge < -0.3 is 14.8 Å². The van der Waals surface area contributed by atoms with Crippen molar-refractivity contribution in [2.24, 2.45) is 11.8 Å². The Hall–Kier alpha value is -3.20. The normalized spacial score (nSPS) is 20.2. The maximum atomic E-state index is 14.4. The molecule has 0 aromatic heterocycles. The monoisotopic (exact) mass is 519 g/mol. The first kappa shape index (κ1) is 28.4. The second-order valence-electron chi connectivity index (χ2n) is 9.78. The molecule has 2 unspecified atom stereocenters. The van der Waals surface area contributed by atoms with Crippen LogP contribution in [0, 0.1) is 11.8 Å². The Balaban J connectivity index is 1.92. The second-order valence-corrected chi connectivity index (χ2v) is 9.78. The van der Waals surface area contributed by atoms with Crippen LogP contribution in [0.15, 0.2) is 60.7 Å². The maximum Gasteiger partial charge on any atom is 0.432 e. The molecule has 3 rings (SSSR count). The predicted octanol–water partition coefficient (Wildman–Crippen LogP) is 4.76. The number of benzene rings is 2. The summed E-state index contributed by atoms with van der Waals surface area (Å²) in [5, 5.41) is 2.83. The van der Waals surface area contributed by atoms with Crippen LogP contribution in [0.5, 0.6) is 0 Å². The van der Waals surface area contributed by atoms with E-state index in [1.54, 1.807) is 30.3 Å². The summed E-state index contributed by atoms with van der Waals surface area (Å²) in [6, 6.07) is 15.0. The van der Waals surface area contributed by atoms with Crippen LogP contribution in [0.3, 0.4) is 0 Å². The quantitative estimate of drug-likeness (QED) is 0.433. The van der Waals surface area contributed by atoms with Crippen molar-refractivity contribution >= 4 is 17.7 Å². The van der Waals surface area contributed by atoms with Crippen molar-refractivity contribution in [3.63, 3.8) is 0 Å². The number of hydrogen-bond acceptors (Lipinski definition) is 5. The molecule has 1 saturated heterocycles. The molecule has 1 N–H and O–H groups in total. The number of Topliss-reactive ketones (excluding diaryl/α,β-unsaturated/α-hetero) is 1. The summed E-state index contributed by atoms with van der Waals surface area (Å²) >= 11 is 0. The Morgan fingerprint density at radius 3 is 2.16 bits per heavy atom. The molecule has 1 heterocycles. The summed E-state index contributed by atoms with van der Waals surface area (Å²) < 4.78 is 53.5. The number of ether oxygens (including phenoxy) is 2. The van der Waals surface area contributed by atoms with Crippen molar-refractivity contribution in [3.05, 3.63) is 71.8 Å². The number of amides is 1. The van der Waals surface area contributed by atoms with E-state index in [9.17, 15) is 27.6 Å². The van der Waals surface area contributed by atoms with Crippen molar-refractivity contribution < 1.29 is 37.0 Å². The fourth-order valence-electron chi connectivity index (χ4n) is 4.82. The summed E-state index contributed by atoms with van der Waals surface area (Å²) in [6.45, 7) is 3.97. The zero-order valence-corrected chi connectivity index (χ0v) is 21.1. The fraction of sp³-hybridized carbons (Fsp3) is 0.464. The van der Waals surface area contributed by atoms with E-state index in [4.69, 9.17) is 9.47 Å². The molecule has 0 bridgehead atoms. The van der Waals surface area contributed by atoms with Gasteiger partial charge in [0.05, 0.1) is 5.92 Å². The summed E-state index contributed by atoms with van der Waals surface area (Å²) in [5.41, 5.74) is -3.17. The van der Waals surface area contributed by atoms with Gasteiger partial charge in [-0.3, -0.25) is 9.59 Å². The van der Waals surface area contributed by atoms with Gasteiger partial charge in [0.1, 0.15) is 11.9 Å². The number of methoxy groups -OCH3 is 1. The van der Waals surface area contributed by atoms with Crippen LogP contribution < -0.4 is 5.32 Å². The Bertz CT molecular complexity index is 1070. The highest BCUT2D eigenvalue weighted by molar-refractivity contribution is 5.87. The lowest BCUT2D eigenvalue weighted by Gasteiger charge is -2.34. The number of halogens is 3. The van der Waals surface area contributed by atoms with E-state index in [2.05, 4.69) is 5.32 Å². The van der Waals surface area contributed by atoms with E-state index >= 15 is 0 Å². The van der Waals surface area contributed by atoms with Crippen LogP contribution in [0.1, 0.15) is 44.2 Å². The largest absolute Gasteiger partial charge is 0.458 e. The first-order valence-corrected chi connectivity index (χ1v) is 12.2. The number of carbonyl (C=O) groups excluding carboxylic acids is 3. The highest BCUT2D eigenvalue weighted by Crippen LogP contribution is 2.44. The van der Waals surface area contributed by atoms with Gasteiger partial charge in [0.15, 0.2) is 0 Å². The minimum Gasteiger partial charge on any atom is -0.458 e. The minimum atomic E-state index is -5.17. The Kier molecular flexibility index (Phi) is 9.12. The van der Waals surface area contributed by atoms with E-state index in [1.165, 1.54) is 18.2 Å². The van der Waals surface area contributed by atoms with Gasteiger partial charge in [-0.2, -0.15) is 13.2 Å². The van der Waals surface area contributed by atoms with Crippen LogP contribution in [0.2, 0.25) is 0 Å². The zero-order chi connectivity index (χ0) is 27.2. The molecule has 4 atom stereocenters. The molecule has 37 heavy (non-hydrogen) atoms. The molecule has 1 fully saturated rings. The molecule has 0 radical (unpaired) electrons. The smallest absolute Gasteiger partial charge is 0.432 e. The molecule has 1 aliphatic heterocycles. The highest BCUT2D eigenvalue weighted by atomic mass is 19.4. The molecule has 200 valence electrons. The lowest BCUT2D eigenvalue weighted by Crippen LogP contribution is -2.53. The van der Waals surface area contributed by atoms with Gasteiger partial charge in [-0.1, -0.05) is 74.5 Å². The topological polar surface area (TPSA) is 81.7 Å². The molecule has 0 saturated carbocycles.